The Balaban J connectivity index is 1.48. The van der Waals surface area contributed by atoms with Gasteiger partial charge in [-0.2, -0.15) is 5.10 Å². The fourth-order valence-electron chi connectivity index (χ4n) is 4.55. The van der Waals surface area contributed by atoms with Gasteiger partial charge in [-0.1, -0.05) is 18.6 Å². The molecule has 0 aliphatic carbocycles. The Kier molecular flexibility index (Phi) is 7.09. The van der Waals surface area contributed by atoms with Gasteiger partial charge in [0.25, 0.3) is 11.8 Å². The molecular formula is C24H32N4O4. The number of ether oxygens (including phenoxy) is 2. The molecule has 1 spiro atoms. The summed E-state index contributed by atoms with van der Waals surface area (Å²) in [4.78, 5) is 27.4. The largest absolute Gasteiger partial charge is 0.492 e. The van der Waals surface area contributed by atoms with Crippen LogP contribution in [-0.2, 0) is 11.8 Å². The van der Waals surface area contributed by atoms with Gasteiger partial charge < -0.3 is 19.7 Å². The molecule has 0 unspecified atom stereocenters. The molecule has 0 atom stereocenters. The quantitative estimate of drug-likeness (QED) is 0.737. The molecule has 2 aliphatic rings. The van der Waals surface area contributed by atoms with E-state index in [1.165, 1.54) is 0 Å². The number of fused-ring (bicyclic) bond motifs is 1. The number of likely N-dealkylation sites (tertiary alicyclic amines) is 1. The SMILES string of the molecule is Cn1nccc1C(=O)N1CCC2(CCCCOCCNC(=O)c3ccccc3OC2)CC1. The highest BCUT2D eigenvalue weighted by molar-refractivity contribution is 5.96. The van der Waals surface area contributed by atoms with Gasteiger partial charge in [0.05, 0.1) is 18.8 Å². The number of piperidine rings is 1. The fraction of sp³-hybridized carbons (Fsp3) is 0.542. The molecule has 2 aromatic rings. The van der Waals surface area contributed by atoms with E-state index in [1.807, 2.05) is 23.1 Å². The van der Waals surface area contributed by atoms with Crippen LogP contribution in [0.1, 0.15) is 53.0 Å². The zero-order valence-corrected chi connectivity index (χ0v) is 18.7. The van der Waals surface area contributed by atoms with Gasteiger partial charge in [0.15, 0.2) is 0 Å². The van der Waals surface area contributed by atoms with Gasteiger partial charge in [-0.3, -0.25) is 14.3 Å². The van der Waals surface area contributed by atoms with Crippen LogP contribution in [0.3, 0.4) is 0 Å². The van der Waals surface area contributed by atoms with Crippen molar-refractivity contribution in [1.29, 1.82) is 0 Å². The second-order valence-corrected chi connectivity index (χ2v) is 8.74. The minimum atomic E-state index is -0.146. The van der Waals surface area contributed by atoms with Gasteiger partial charge in [0.2, 0.25) is 0 Å². The van der Waals surface area contributed by atoms with Crippen molar-refractivity contribution in [2.24, 2.45) is 12.5 Å². The van der Waals surface area contributed by atoms with E-state index in [0.29, 0.717) is 56.5 Å². The zero-order chi connectivity index (χ0) is 22.4. The zero-order valence-electron chi connectivity index (χ0n) is 18.7. The summed E-state index contributed by atoms with van der Waals surface area (Å²) in [5.74, 6) is 0.486. The topological polar surface area (TPSA) is 85.7 Å². The van der Waals surface area contributed by atoms with Crippen molar-refractivity contribution in [2.45, 2.75) is 32.1 Å². The van der Waals surface area contributed by atoms with Crippen molar-refractivity contribution in [3.63, 3.8) is 0 Å². The van der Waals surface area contributed by atoms with Gasteiger partial charge >= 0.3 is 0 Å². The molecule has 8 heteroatoms. The number of hydrogen-bond acceptors (Lipinski definition) is 5. The van der Waals surface area contributed by atoms with E-state index in [9.17, 15) is 9.59 Å². The standard InChI is InChI=1S/C24H32N4O4/c1-27-20(8-12-26-27)23(30)28-14-10-24(11-15-28)9-4-5-16-31-17-13-25-22(29)19-6-2-3-7-21(19)32-18-24/h2-3,6-8,12H,4-5,9-11,13-18H2,1H3,(H,25,29). The highest BCUT2D eigenvalue weighted by atomic mass is 16.5. The van der Waals surface area contributed by atoms with Crippen molar-refractivity contribution in [2.75, 3.05) is 39.5 Å². The van der Waals surface area contributed by atoms with Crippen LogP contribution in [-0.4, -0.2) is 65.9 Å². The molecule has 1 aromatic carbocycles. The summed E-state index contributed by atoms with van der Waals surface area (Å²) in [6.45, 7) is 3.58. The Morgan fingerprint density at radius 1 is 1.09 bits per heavy atom. The number of carbonyl (C=O) groups is 2. The van der Waals surface area contributed by atoms with Crippen LogP contribution in [0.25, 0.3) is 0 Å². The molecule has 1 aromatic heterocycles. The maximum atomic E-state index is 12.9. The Bertz CT molecular complexity index is 934. The third-order valence-corrected chi connectivity index (χ3v) is 6.59. The van der Waals surface area contributed by atoms with Crippen LogP contribution in [0.5, 0.6) is 5.75 Å². The summed E-state index contributed by atoms with van der Waals surface area (Å²) in [6, 6.07) is 9.14. The van der Waals surface area contributed by atoms with Crippen molar-refractivity contribution < 1.29 is 19.1 Å². The Morgan fingerprint density at radius 3 is 2.69 bits per heavy atom. The second-order valence-electron chi connectivity index (χ2n) is 8.74. The summed E-state index contributed by atoms with van der Waals surface area (Å²) >= 11 is 0. The lowest BCUT2D eigenvalue weighted by atomic mass is 9.75. The molecule has 0 bridgehead atoms. The molecule has 0 saturated carbocycles. The number of para-hydroxylation sites is 1. The summed E-state index contributed by atoms with van der Waals surface area (Å²) in [5.41, 5.74) is 1.13. The van der Waals surface area contributed by atoms with Crippen molar-refractivity contribution >= 4 is 11.8 Å². The van der Waals surface area contributed by atoms with E-state index in [2.05, 4.69) is 10.4 Å². The van der Waals surface area contributed by atoms with Gasteiger partial charge in [-0.15, -0.1) is 0 Å². The number of aryl methyl sites for hydroxylation is 1. The predicted molar refractivity (Wildman–Crippen MR) is 120 cm³/mol. The number of nitrogens with one attached hydrogen (secondary N) is 1. The lowest BCUT2D eigenvalue weighted by Crippen LogP contribution is -2.46. The first-order valence-corrected chi connectivity index (χ1v) is 11.4. The van der Waals surface area contributed by atoms with E-state index in [0.717, 1.165) is 32.1 Å². The molecule has 1 saturated heterocycles. The average Bonchev–Trinajstić information content (AvgIpc) is 3.25. The minimum absolute atomic E-state index is 0.0251. The van der Waals surface area contributed by atoms with E-state index in [-0.39, 0.29) is 17.2 Å². The fourth-order valence-corrected chi connectivity index (χ4v) is 4.55. The molecule has 4 rings (SSSR count). The molecule has 2 aliphatic heterocycles. The molecule has 3 heterocycles. The molecule has 1 N–H and O–H groups in total. The van der Waals surface area contributed by atoms with Crippen LogP contribution in [0, 0.1) is 5.41 Å². The predicted octanol–water partition coefficient (Wildman–Crippen LogP) is 2.65. The van der Waals surface area contributed by atoms with Crippen LogP contribution >= 0.6 is 0 Å². The monoisotopic (exact) mass is 440 g/mol. The van der Waals surface area contributed by atoms with Gasteiger partial charge in [-0.05, 0) is 43.9 Å². The lowest BCUT2D eigenvalue weighted by Gasteiger charge is -2.42. The van der Waals surface area contributed by atoms with E-state index in [1.54, 1.807) is 30.1 Å². The maximum absolute atomic E-state index is 12.9. The molecule has 32 heavy (non-hydrogen) atoms. The summed E-state index contributed by atoms with van der Waals surface area (Å²) in [7, 11) is 1.79. The highest BCUT2D eigenvalue weighted by Crippen LogP contribution is 2.38. The summed E-state index contributed by atoms with van der Waals surface area (Å²) < 4.78 is 13.6. The maximum Gasteiger partial charge on any atom is 0.272 e. The number of aromatic nitrogens is 2. The Hall–Kier alpha value is -2.87. The smallest absolute Gasteiger partial charge is 0.272 e. The molecule has 172 valence electrons. The molecular weight excluding hydrogens is 408 g/mol. The molecule has 1 fully saturated rings. The second kappa shape index (κ2) is 10.2. The van der Waals surface area contributed by atoms with E-state index >= 15 is 0 Å². The van der Waals surface area contributed by atoms with Crippen molar-refractivity contribution in [3.05, 3.63) is 47.8 Å². The minimum Gasteiger partial charge on any atom is -0.492 e. The summed E-state index contributed by atoms with van der Waals surface area (Å²) in [6.07, 6.45) is 6.42. The number of carbonyl (C=O) groups excluding carboxylic acids is 2. The van der Waals surface area contributed by atoms with Crippen LogP contribution < -0.4 is 10.1 Å². The number of rotatable bonds is 1. The van der Waals surface area contributed by atoms with Crippen LogP contribution in [0.2, 0.25) is 0 Å². The lowest BCUT2D eigenvalue weighted by molar-refractivity contribution is 0.0334. The van der Waals surface area contributed by atoms with Crippen molar-refractivity contribution in [3.8, 4) is 5.75 Å². The normalized spacial score (nSPS) is 20.0. The number of hydrogen-bond donors (Lipinski definition) is 1. The average molecular weight is 441 g/mol. The first-order chi connectivity index (χ1) is 15.6. The number of benzene rings is 1. The Labute approximate surface area is 188 Å². The highest BCUT2D eigenvalue weighted by Gasteiger charge is 2.37. The third kappa shape index (κ3) is 5.12. The van der Waals surface area contributed by atoms with Gasteiger partial charge in [0, 0.05) is 44.9 Å². The molecule has 8 nitrogen and oxygen atoms in total. The van der Waals surface area contributed by atoms with E-state index < -0.39 is 0 Å². The first kappa shape index (κ1) is 22.3. The number of nitrogens with zero attached hydrogens (tertiary/aromatic N) is 3. The third-order valence-electron chi connectivity index (χ3n) is 6.59. The van der Waals surface area contributed by atoms with E-state index in [4.69, 9.17) is 9.47 Å². The van der Waals surface area contributed by atoms with Crippen LogP contribution in [0.15, 0.2) is 36.5 Å². The van der Waals surface area contributed by atoms with Gasteiger partial charge in [0.1, 0.15) is 11.4 Å². The number of amides is 2. The molecule has 0 radical (unpaired) electrons. The van der Waals surface area contributed by atoms with Crippen molar-refractivity contribution in [1.82, 2.24) is 20.0 Å². The summed E-state index contributed by atoms with van der Waals surface area (Å²) in [5, 5.41) is 7.03. The van der Waals surface area contributed by atoms with Gasteiger partial charge in [-0.25, -0.2) is 0 Å². The molecule has 2 amide bonds. The Morgan fingerprint density at radius 2 is 1.91 bits per heavy atom. The van der Waals surface area contributed by atoms with Crippen LogP contribution in [0.4, 0.5) is 0 Å². The first-order valence-electron chi connectivity index (χ1n) is 11.4.